The molecule has 78 valence electrons. The van der Waals surface area contributed by atoms with E-state index in [1.807, 2.05) is 0 Å². The van der Waals surface area contributed by atoms with Crippen LogP contribution in [0.25, 0.3) is 0 Å². The van der Waals surface area contributed by atoms with E-state index in [0.717, 1.165) is 19.4 Å². The molecule has 0 spiro atoms. The fraction of sp³-hybridized carbons (Fsp3) is 0.500. The second kappa shape index (κ2) is 5.44. The van der Waals surface area contributed by atoms with E-state index in [9.17, 15) is 4.79 Å². The number of unbranched alkanes of at least 4 members (excludes halogenated alkanes) is 1. The summed E-state index contributed by atoms with van der Waals surface area (Å²) >= 11 is 0. The molecule has 0 saturated heterocycles. The Hall–Kier alpha value is -1.29. The molecule has 0 radical (unpaired) electrons. The largest absolute Gasteiger partial charge is 0.478 e. The molecule has 0 bridgehead atoms. The Bertz CT molecular complexity index is 293. The maximum atomic E-state index is 10.5. The predicted octanol–water partition coefficient (Wildman–Crippen LogP) is 1.87. The molecule has 0 fully saturated rings. The van der Waals surface area contributed by atoms with Crippen LogP contribution in [-0.2, 0) is 6.54 Å². The molecule has 0 aliphatic carbocycles. The van der Waals surface area contributed by atoms with Gasteiger partial charge in [-0.2, -0.15) is 0 Å². The highest BCUT2D eigenvalue weighted by molar-refractivity contribution is 5.87. The number of nitrogens with one attached hydrogen (secondary N) is 1. The highest BCUT2D eigenvalue weighted by Crippen LogP contribution is 2.07. The lowest BCUT2D eigenvalue weighted by atomic mass is 10.3. The summed E-state index contributed by atoms with van der Waals surface area (Å²) < 4.78 is 5.06. The number of hydrogen-bond acceptors (Lipinski definition) is 3. The van der Waals surface area contributed by atoms with E-state index >= 15 is 0 Å². The van der Waals surface area contributed by atoms with E-state index in [1.54, 1.807) is 6.07 Å². The van der Waals surface area contributed by atoms with Crippen molar-refractivity contribution in [3.05, 3.63) is 23.7 Å². The minimum Gasteiger partial charge on any atom is -0.478 e. The van der Waals surface area contributed by atoms with E-state index in [0.29, 0.717) is 12.3 Å². The van der Waals surface area contributed by atoms with Crippen LogP contribution in [0.4, 0.5) is 0 Å². The third kappa shape index (κ3) is 3.22. The number of aromatic carboxylic acids is 1. The molecule has 0 aliphatic heterocycles. The summed E-state index contributed by atoms with van der Waals surface area (Å²) in [6, 6.07) is 1.54. The van der Waals surface area contributed by atoms with Gasteiger partial charge in [-0.1, -0.05) is 13.3 Å². The highest BCUT2D eigenvalue weighted by atomic mass is 16.4. The van der Waals surface area contributed by atoms with Gasteiger partial charge in [0.1, 0.15) is 12.0 Å². The molecule has 1 rings (SSSR count). The lowest BCUT2D eigenvalue weighted by Crippen LogP contribution is -2.13. The summed E-state index contributed by atoms with van der Waals surface area (Å²) in [5, 5.41) is 11.8. The first-order chi connectivity index (χ1) is 6.74. The number of hydrogen-bond donors (Lipinski definition) is 2. The lowest BCUT2D eigenvalue weighted by Gasteiger charge is -1.99. The zero-order valence-electron chi connectivity index (χ0n) is 8.25. The molecule has 0 aromatic carbocycles. The number of furan rings is 1. The third-order valence-corrected chi connectivity index (χ3v) is 1.91. The average molecular weight is 197 g/mol. The van der Waals surface area contributed by atoms with Crippen LogP contribution in [0.1, 0.15) is 35.9 Å². The van der Waals surface area contributed by atoms with Gasteiger partial charge < -0.3 is 14.8 Å². The Morgan fingerprint density at radius 3 is 3.00 bits per heavy atom. The number of carboxylic acid groups (broad SMARTS) is 1. The van der Waals surface area contributed by atoms with E-state index in [-0.39, 0.29) is 5.56 Å². The van der Waals surface area contributed by atoms with Gasteiger partial charge in [-0.05, 0) is 19.0 Å². The van der Waals surface area contributed by atoms with Crippen molar-refractivity contribution in [1.29, 1.82) is 0 Å². The first-order valence-corrected chi connectivity index (χ1v) is 4.75. The van der Waals surface area contributed by atoms with Gasteiger partial charge in [0, 0.05) is 0 Å². The van der Waals surface area contributed by atoms with Crippen molar-refractivity contribution in [2.45, 2.75) is 26.3 Å². The zero-order chi connectivity index (χ0) is 10.4. The van der Waals surface area contributed by atoms with Crippen LogP contribution in [0.15, 0.2) is 16.7 Å². The van der Waals surface area contributed by atoms with Crippen molar-refractivity contribution in [3.8, 4) is 0 Å². The van der Waals surface area contributed by atoms with Gasteiger partial charge in [0.25, 0.3) is 0 Å². The summed E-state index contributed by atoms with van der Waals surface area (Å²) in [5.74, 6) is -0.285. The van der Waals surface area contributed by atoms with Crippen LogP contribution >= 0.6 is 0 Å². The maximum Gasteiger partial charge on any atom is 0.338 e. The molecule has 4 heteroatoms. The van der Waals surface area contributed by atoms with Crippen molar-refractivity contribution in [3.63, 3.8) is 0 Å². The van der Waals surface area contributed by atoms with Crippen LogP contribution in [0.3, 0.4) is 0 Å². The minimum atomic E-state index is -0.950. The Morgan fingerprint density at radius 1 is 1.64 bits per heavy atom. The fourth-order valence-corrected chi connectivity index (χ4v) is 1.10. The van der Waals surface area contributed by atoms with Gasteiger partial charge in [0.2, 0.25) is 0 Å². The lowest BCUT2D eigenvalue weighted by molar-refractivity contribution is 0.0696. The molecular weight excluding hydrogens is 182 g/mol. The van der Waals surface area contributed by atoms with Crippen LogP contribution in [0, 0.1) is 0 Å². The molecule has 2 N–H and O–H groups in total. The molecule has 1 aromatic rings. The van der Waals surface area contributed by atoms with Crippen LogP contribution in [0.5, 0.6) is 0 Å². The van der Waals surface area contributed by atoms with Crippen molar-refractivity contribution in [2.24, 2.45) is 0 Å². The van der Waals surface area contributed by atoms with E-state index < -0.39 is 5.97 Å². The Morgan fingerprint density at radius 2 is 2.43 bits per heavy atom. The van der Waals surface area contributed by atoms with Crippen LogP contribution in [0.2, 0.25) is 0 Å². The zero-order valence-corrected chi connectivity index (χ0v) is 8.25. The van der Waals surface area contributed by atoms with Gasteiger partial charge in [0.05, 0.1) is 12.1 Å². The topological polar surface area (TPSA) is 62.5 Å². The normalized spacial score (nSPS) is 10.4. The summed E-state index contributed by atoms with van der Waals surface area (Å²) in [6.45, 7) is 3.64. The summed E-state index contributed by atoms with van der Waals surface area (Å²) in [6.07, 6.45) is 3.52. The highest BCUT2D eigenvalue weighted by Gasteiger charge is 2.07. The quantitative estimate of drug-likeness (QED) is 0.683. The first-order valence-electron chi connectivity index (χ1n) is 4.75. The van der Waals surface area contributed by atoms with Gasteiger partial charge >= 0.3 is 5.97 Å². The number of carbonyl (C=O) groups is 1. The average Bonchev–Trinajstić information content (AvgIpc) is 2.61. The van der Waals surface area contributed by atoms with Gasteiger partial charge in [-0.15, -0.1) is 0 Å². The SMILES string of the molecule is CCCCNCc1cc(C(=O)O)co1. The fourth-order valence-electron chi connectivity index (χ4n) is 1.10. The maximum absolute atomic E-state index is 10.5. The van der Waals surface area contributed by atoms with E-state index in [2.05, 4.69) is 12.2 Å². The number of rotatable bonds is 6. The summed E-state index contributed by atoms with van der Waals surface area (Å²) in [5.41, 5.74) is 0.206. The van der Waals surface area contributed by atoms with E-state index in [1.165, 1.54) is 6.26 Å². The Balaban J connectivity index is 2.33. The standard InChI is InChI=1S/C10H15NO3/c1-2-3-4-11-6-9-5-8(7-14-9)10(12)13/h5,7,11H,2-4,6H2,1H3,(H,12,13). The summed E-state index contributed by atoms with van der Waals surface area (Å²) in [4.78, 5) is 10.5. The van der Waals surface area contributed by atoms with Gasteiger partial charge in [-0.3, -0.25) is 0 Å². The monoisotopic (exact) mass is 197 g/mol. The second-order valence-corrected chi connectivity index (χ2v) is 3.14. The van der Waals surface area contributed by atoms with Crippen molar-refractivity contribution < 1.29 is 14.3 Å². The molecule has 1 heterocycles. The van der Waals surface area contributed by atoms with Crippen molar-refractivity contribution in [1.82, 2.24) is 5.32 Å². The molecular formula is C10H15NO3. The molecule has 4 nitrogen and oxygen atoms in total. The van der Waals surface area contributed by atoms with Crippen LogP contribution < -0.4 is 5.32 Å². The molecule has 0 aliphatic rings. The van der Waals surface area contributed by atoms with Crippen molar-refractivity contribution in [2.75, 3.05) is 6.54 Å². The van der Waals surface area contributed by atoms with Crippen LogP contribution in [-0.4, -0.2) is 17.6 Å². The minimum absolute atomic E-state index is 0.206. The van der Waals surface area contributed by atoms with E-state index in [4.69, 9.17) is 9.52 Å². The Kier molecular flexibility index (Phi) is 4.19. The molecule has 14 heavy (non-hydrogen) atoms. The molecule has 0 amide bonds. The molecule has 0 atom stereocenters. The second-order valence-electron chi connectivity index (χ2n) is 3.14. The number of carboxylic acids is 1. The first kappa shape index (κ1) is 10.8. The third-order valence-electron chi connectivity index (χ3n) is 1.91. The summed E-state index contributed by atoms with van der Waals surface area (Å²) in [7, 11) is 0. The van der Waals surface area contributed by atoms with Gasteiger partial charge in [0.15, 0.2) is 0 Å². The molecule has 0 unspecified atom stereocenters. The van der Waals surface area contributed by atoms with Gasteiger partial charge in [-0.25, -0.2) is 4.79 Å². The van der Waals surface area contributed by atoms with Crippen molar-refractivity contribution >= 4 is 5.97 Å². The smallest absolute Gasteiger partial charge is 0.338 e. The Labute approximate surface area is 82.9 Å². The predicted molar refractivity (Wildman–Crippen MR) is 52.3 cm³/mol. The molecule has 1 aromatic heterocycles. The molecule has 0 saturated carbocycles.